The van der Waals surface area contributed by atoms with Crippen LogP contribution in [0.5, 0.6) is 0 Å². The minimum atomic E-state index is -3.88. The maximum absolute atomic E-state index is 13.2. The largest absolute Gasteiger partial charge is 0.342 e. The lowest BCUT2D eigenvalue weighted by atomic mass is 10.2. The first-order valence-corrected chi connectivity index (χ1v) is 11.2. The van der Waals surface area contributed by atoms with Crippen molar-refractivity contribution < 1.29 is 17.6 Å². The summed E-state index contributed by atoms with van der Waals surface area (Å²) in [6.07, 6.45) is 3.05. The summed E-state index contributed by atoms with van der Waals surface area (Å²) in [7, 11) is -3.88. The lowest BCUT2D eigenvalue weighted by Crippen LogP contribution is -2.22. The minimum absolute atomic E-state index is 0.0875. The van der Waals surface area contributed by atoms with Gasteiger partial charge in [0.1, 0.15) is 11.6 Å². The Morgan fingerprint density at radius 1 is 1.14 bits per heavy atom. The zero-order valence-electron chi connectivity index (χ0n) is 15.1. The lowest BCUT2D eigenvalue weighted by Gasteiger charge is -2.05. The molecule has 0 spiro atoms. The number of para-hydroxylation sites is 1. The van der Waals surface area contributed by atoms with Gasteiger partial charge in [-0.15, -0.1) is 11.3 Å². The van der Waals surface area contributed by atoms with Crippen molar-refractivity contribution in [2.75, 3.05) is 11.1 Å². The molecule has 0 unspecified atom stereocenters. The number of benzene rings is 2. The molecular formula is C20H16FN3O3S2. The zero-order valence-corrected chi connectivity index (χ0v) is 16.7. The van der Waals surface area contributed by atoms with Gasteiger partial charge >= 0.3 is 0 Å². The summed E-state index contributed by atoms with van der Waals surface area (Å²) >= 11 is 1.21. The normalized spacial score (nSPS) is 11.6. The molecule has 9 heteroatoms. The molecule has 2 aromatic heterocycles. The highest BCUT2D eigenvalue weighted by Crippen LogP contribution is 2.27. The topological polar surface area (TPSA) is 81.1 Å². The summed E-state index contributed by atoms with van der Waals surface area (Å²) in [4.78, 5) is 16.2. The molecule has 0 saturated carbocycles. The quantitative estimate of drug-likeness (QED) is 0.507. The summed E-state index contributed by atoms with van der Waals surface area (Å²) in [6.45, 7) is 0.377. The second-order valence-corrected chi connectivity index (χ2v) is 9.26. The van der Waals surface area contributed by atoms with E-state index in [1.165, 1.54) is 35.9 Å². The summed E-state index contributed by atoms with van der Waals surface area (Å²) in [5.41, 5.74) is 1.55. The summed E-state index contributed by atoms with van der Waals surface area (Å²) in [5.74, 6) is -1.66. The minimum Gasteiger partial charge on any atom is -0.342 e. The molecule has 0 aliphatic carbocycles. The van der Waals surface area contributed by atoms with Gasteiger partial charge in [0.05, 0.1) is 4.90 Å². The Morgan fingerprint density at radius 3 is 2.62 bits per heavy atom. The number of carbonyl (C=O) groups is 1. The number of carbonyl (C=O) groups excluding carboxylic acids is 1. The van der Waals surface area contributed by atoms with E-state index in [9.17, 15) is 17.6 Å². The van der Waals surface area contributed by atoms with E-state index in [1.54, 1.807) is 34.2 Å². The molecular weight excluding hydrogens is 413 g/mol. The molecule has 0 aliphatic heterocycles. The van der Waals surface area contributed by atoms with E-state index in [0.29, 0.717) is 17.1 Å². The van der Waals surface area contributed by atoms with Crippen LogP contribution >= 0.6 is 11.3 Å². The predicted octanol–water partition coefficient (Wildman–Crippen LogP) is 3.70. The van der Waals surface area contributed by atoms with Crippen LogP contribution in [-0.2, 0) is 21.2 Å². The van der Waals surface area contributed by atoms with Gasteiger partial charge in [-0.2, -0.15) is 0 Å². The number of thiazole rings is 1. The number of amides is 1. The van der Waals surface area contributed by atoms with Crippen LogP contribution in [-0.4, -0.2) is 29.6 Å². The van der Waals surface area contributed by atoms with Gasteiger partial charge < -0.3 is 9.88 Å². The van der Waals surface area contributed by atoms with Gasteiger partial charge in [-0.25, -0.2) is 17.8 Å². The summed E-state index contributed by atoms with van der Waals surface area (Å²) in [6, 6.07) is 13.1. The third-order valence-electron chi connectivity index (χ3n) is 4.35. The molecule has 0 fully saturated rings. The van der Waals surface area contributed by atoms with Gasteiger partial charge in [0.25, 0.3) is 0 Å². The van der Waals surface area contributed by atoms with Crippen molar-refractivity contribution >= 4 is 43.1 Å². The molecule has 4 aromatic rings. The van der Waals surface area contributed by atoms with Gasteiger partial charge in [-0.1, -0.05) is 30.3 Å². The predicted molar refractivity (Wildman–Crippen MR) is 110 cm³/mol. The third-order valence-corrected chi connectivity index (χ3v) is 6.68. The second-order valence-electron chi connectivity index (χ2n) is 6.41. The molecule has 0 bridgehead atoms. The van der Waals surface area contributed by atoms with E-state index < -0.39 is 21.5 Å². The average molecular weight is 429 g/mol. The van der Waals surface area contributed by atoms with Crippen LogP contribution in [0.2, 0.25) is 0 Å². The molecule has 1 N–H and O–H groups in total. The number of aromatic nitrogens is 2. The van der Waals surface area contributed by atoms with Crippen LogP contribution in [0, 0.1) is 5.82 Å². The van der Waals surface area contributed by atoms with Crippen LogP contribution in [0.15, 0.2) is 71.2 Å². The van der Waals surface area contributed by atoms with Crippen LogP contribution in [0.25, 0.3) is 10.9 Å². The Labute approximate surface area is 170 Å². The monoisotopic (exact) mass is 429 g/mol. The number of fused-ring (bicyclic) bond motifs is 1. The molecule has 0 aliphatic rings. The van der Waals surface area contributed by atoms with Crippen LogP contribution in [0.3, 0.4) is 0 Å². The van der Waals surface area contributed by atoms with Crippen molar-refractivity contribution in [1.82, 2.24) is 9.55 Å². The SMILES string of the molecule is O=C(CS(=O)(=O)c1cn(Cc2ccc(F)cc2)c2ccccc12)Nc1nccs1. The average Bonchev–Trinajstić information content (AvgIpc) is 3.32. The van der Waals surface area contributed by atoms with Crippen LogP contribution in [0.1, 0.15) is 5.56 Å². The molecule has 0 saturated heterocycles. The molecule has 2 heterocycles. The number of nitrogens with zero attached hydrogens (tertiary/aromatic N) is 2. The van der Waals surface area contributed by atoms with Crippen molar-refractivity contribution in [3.05, 3.63) is 77.7 Å². The number of anilines is 1. The highest BCUT2D eigenvalue weighted by atomic mass is 32.2. The Hall–Kier alpha value is -3.04. The Bertz CT molecular complexity index is 1260. The summed E-state index contributed by atoms with van der Waals surface area (Å²) < 4.78 is 40.9. The fourth-order valence-electron chi connectivity index (χ4n) is 3.07. The molecule has 1 amide bonds. The Morgan fingerprint density at radius 2 is 1.90 bits per heavy atom. The number of hydrogen-bond donors (Lipinski definition) is 1. The number of hydrogen-bond acceptors (Lipinski definition) is 5. The first-order chi connectivity index (χ1) is 13.9. The fraction of sp³-hybridized carbons (Fsp3) is 0.100. The van der Waals surface area contributed by atoms with Gasteiger partial charge in [-0.05, 0) is 23.8 Å². The summed E-state index contributed by atoms with van der Waals surface area (Å²) in [5, 5.41) is 5.07. The first-order valence-electron chi connectivity index (χ1n) is 8.67. The van der Waals surface area contributed by atoms with Crippen molar-refractivity contribution in [2.24, 2.45) is 0 Å². The maximum Gasteiger partial charge on any atom is 0.241 e. The van der Waals surface area contributed by atoms with Crippen molar-refractivity contribution in [2.45, 2.75) is 11.4 Å². The van der Waals surface area contributed by atoms with E-state index in [-0.39, 0.29) is 10.7 Å². The van der Waals surface area contributed by atoms with Crippen LogP contribution < -0.4 is 5.32 Å². The highest BCUT2D eigenvalue weighted by Gasteiger charge is 2.24. The number of rotatable bonds is 6. The Balaban J connectivity index is 1.66. The van der Waals surface area contributed by atoms with Crippen molar-refractivity contribution in [1.29, 1.82) is 0 Å². The Kier molecular flexibility index (Phi) is 5.16. The molecule has 2 aromatic carbocycles. The number of nitrogens with one attached hydrogen (secondary N) is 1. The smallest absolute Gasteiger partial charge is 0.241 e. The van der Waals surface area contributed by atoms with Crippen molar-refractivity contribution in [3.8, 4) is 0 Å². The maximum atomic E-state index is 13.2. The molecule has 4 rings (SSSR count). The first kappa shape index (κ1) is 19.3. The van der Waals surface area contributed by atoms with E-state index >= 15 is 0 Å². The molecule has 0 radical (unpaired) electrons. The van der Waals surface area contributed by atoms with Gasteiger partial charge in [0.15, 0.2) is 15.0 Å². The highest BCUT2D eigenvalue weighted by molar-refractivity contribution is 7.92. The molecule has 6 nitrogen and oxygen atoms in total. The lowest BCUT2D eigenvalue weighted by molar-refractivity contribution is -0.113. The van der Waals surface area contributed by atoms with E-state index in [2.05, 4.69) is 10.3 Å². The van der Waals surface area contributed by atoms with Gasteiger partial charge in [-0.3, -0.25) is 4.79 Å². The van der Waals surface area contributed by atoms with Crippen LogP contribution in [0.4, 0.5) is 9.52 Å². The standard InChI is InChI=1S/C20H16FN3O3S2/c21-15-7-5-14(6-8-15)11-24-12-18(16-3-1-2-4-17(16)24)29(26,27)13-19(25)23-20-22-9-10-28-20/h1-10,12H,11,13H2,(H,22,23,25). The van der Waals surface area contributed by atoms with E-state index in [1.807, 2.05) is 12.1 Å². The number of halogens is 1. The molecule has 0 atom stereocenters. The fourth-order valence-corrected chi connectivity index (χ4v) is 4.98. The van der Waals surface area contributed by atoms with Gasteiger partial charge in [0, 0.05) is 35.2 Å². The van der Waals surface area contributed by atoms with E-state index in [4.69, 9.17) is 0 Å². The molecule has 29 heavy (non-hydrogen) atoms. The van der Waals surface area contributed by atoms with Crippen molar-refractivity contribution in [3.63, 3.8) is 0 Å². The molecule has 148 valence electrons. The van der Waals surface area contributed by atoms with Gasteiger partial charge in [0.2, 0.25) is 5.91 Å². The third kappa shape index (κ3) is 4.20. The second kappa shape index (κ2) is 7.76. The zero-order chi connectivity index (χ0) is 20.4. The number of sulfone groups is 1. The van der Waals surface area contributed by atoms with E-state index in [0.717, 1.165) is 11.1 Å².